The molecular formula is C16H23N3O3. The van der Waals surface area contributed by atoms with Crippen LogP contribution in [0.25, 0.3) is 0 Å². The molecule has 0 atom stereocenters. The van der Waals surface area contributed by atoms with Crippen LogP contribution in [0, 0.1) is 0 Å². The molecule has 2 rings (SSSR count). The minimum absolute atomic E-state index is 0.403. The molecule has 1 aromatic carbocycles. The maximum absolute atomic E-state index is 8.94. The standard InChI is InChI=1S/C15H19NO2.CH4N2O/c1-3-6-12-7-4-9-14(16-2)15(12)18-11-13-8-5-10-17-13;2-3-1-4/h4-5,7-10,16H,3,6,11H2,1-2H3;1H,2H2,(H,3,4). The normalized spacial score (nSPS) is 9.41. The van der Waals surface area contributed by atoms with Gasteiger partial charge in [0.25, 0.3) is 0 Å². The van der Waals surface area contributed by atoms with Crippen molar-refractivity contribution in [2.24, 2.45) is 5.84 Å². The van der Waals surface area contributed by atoms with Crippen molar-refractivity contribution in [3.63, 3.8) is 0 Å². The lowest BCUT2D eigenvalue weighted by molar-refractivity contribution is -0.109. The third-order valence-corrected chi connectivity index (χ3v) is 2.89. The molecule has 0 radical (unpaired) electrons. The first kappa shape index (κ1) is 17.6. The Kier molecular flexibility index (Phi) is 8.22. The number of anilines is 1. The van der Waals surface area contributed by atoms with Gasteiger partial charge in [-0.15, -0.1) is 0 Å². The zero-order valence-corrected chi connectivity index (χ0v) is 13.0. The number of benzene rings is 1. The van der Waals surface area contributed by atoms with Gasteiger partial charge >= 0.3 is 0 Å². The van der Waals surface area contributed by atoms with Crippen molar-refractivity contribution in [3.05, 3.63) is 47.9 Å². The van der Waals surface area contributed by atoms with Crippen molar-refractivity contribution in [1.29, 1.82) is 0 Å². The smallest absolute Gasteiger partial charge is 0.221 e. The largest absolute Gasteiger partial charge is 0.483 e. The van der Waals surface area contributed by atoms with E-state index in [1.807, 2.05) is 25.2 Å². The van der Waals surface area contributed by atoms with Crippen LogP contribution in [0.3, 0.4) is 0 Å². The van der Waals surface area contributed by atoms with Gasteiger partial charge < -0.3 is 14.5 Å². The number of para-hydroxylation sites is 1. The van der Waals surface area contributed by atoms with Gasteiger partial charge in [0.2, 0.25) is 6.41 Å². The van der Waals surface area contributed by atoms with Crippen molar-refractivity contribution in [1.82, 2.24) is 5.43 Å². The molecule has 0 aliphatic rings. The number of hydrogen-bond donors (Lipinski definition) is 3. The summed E-state index contributed by atoms with van der Waals surface area (Å²) in [7, 11) is 1.91. The third kappa shape index (κ3) is 5.49. The monoisotopic (exact) mass is 305 g/mol. The first-order valence-electron chi connectivity index (χ1n) is 7.11. The predicted molar refractivity (Wildman–Crippen MR) is 86.4 cm³/mol. The Morgan fingerprint density at radius 3 is 2.64 bits per heavy atom. The van der Waals surface area contributed by atoms with Gasteiger partial charge in [-0.05, 0) is 30.2 Å². The number of nitrogens with two attached hydrogens (primary N) is 1. The average Bonchev–Trinajstić information content (AvgIpc) is 3.07. The van der Waals surface area contributed by atoms with Crippen LogP contribution >= 0.6 is 0 Å². The summed E-state index contributed by atoms with van der Waals surface area (Å²) in [5.41, 5.74) is 4.00. The van der Waals surface area contributed by atoms with Crippen molar-refractivity contribution >= 4 is 12.1 Å². The Labute approximate surface area is 130 Å². The van der Waals surface area contributed by atoms with E-state index in [0.29, 0.717) is 13.0 Å². The molecule has 0 saturated heterocycles. The lowest BCUT2D eigenvalue weighted by Crippen LogP contribution is -2.18. The van der Waals surface area contributed by atoms with Gasteiger partial charge in [-0.3, -0.25) is 10.2 Å². The topological polar surface area (TPSA) is 89.5 Å². The number of carbonyl (C=O) groups excluding carboxylic acids is 1. The molecule has 1 aromatic heterocycles. The predicted octanol–water partition coefficient (Wildman–Crippen LogP) is 2.46. The maximum Gasteiger partial charge on any atom is 0.221 e. The number of hydrogen-bond acceptors (Lipinski definition) is 5. The molecule has 6 nitrogen and oxygen atoms in total. The number of nitrogens with one attached hydrogen (secondary N) is 2. The fraction of sp³-hybridized carbons (Fsp3) is 0.312. The van der Waals surface area contributed by atoms with Crippen molar-refractivity contribution in [3.8, 4) is 5.75 Å². The summed E-state index contributed by atoms with van der Waals surface area (Å²) in [6.07, 6.45) is 4.18. The van der Waals surface area contributed by atoms with Crippen molar-refractivity contribution in [2.75, 3.05) is 12.4 Å². The van der Waals surface area contributed by atoms with Gasteiger partial charge in [0, 0.05) is 7.05 Å². The molecule has 0 fully saturated rings. The number of hydrazine groups is 1. The van der Waals surface area contributed by atoms with E-state index < -0.39 is 0 Å². The lowest BCUT2D eigenvalue weighted by Gasteiger charge is -2.14. The Morgan fingerprint density at radius 2 is 2.09 bits per heavy atom. The van der Waals surface area contributed by atoms with E-state index in [0.717, 1.165) is 30.0 Å². The molecule has 22 heavy (non-hydrogen) atoms. The second kappa shape index (κ2) is 10.3. The van der Waals surface area contributed by atoms with Crippen LogP contribution in [0.5, 0.6) is 5.75 Å². The number of rotatable bonds is 7. The van der Waals surface area contributed by atoms with Gasteiger partial charge in [0.1, 0.15) is 18.1 Å². The van der Waals surface area contributed by atoms with E-state index in [2.05, 4.69) is 30.2 Å². The molecular weight excluding hydrogens is 282 g/mol. The van der Waals surface area contributed by atoms with E-state index in [1.165, 1.54) is 5.56 Å². The molecule has 0 bridgehead atoms. The van der Waals surface area contributed by atoms with E-state index in [9.17, 15) is 0 Å². The number of carbonyl (C=O) groups is 1. The molecule has 0 unspecified atom stereocenters. The quantitative estimate of drug-likeness (QED) is 0.316. The van der Waals surface area contributed by atoms with Gasteiger partial charge in [-0.2, -0.15) is 0 Å². The van der Waals surface area contributed by atoms with Crippen LogP contribution in [0.4, 0.5) is 5.69 Å². The van der Waals surface area contributed by atoms with Crippen molar-refractivity contribution in [2.45, 2.75) is 26.4 Å². The molecule has 0 spiro atoms. The van der Waals surface area contributed by atoms with E-state index >= 15 is 0 Å². The highest BCUT2D eigenvalue weighted by Crippen LogP contribution is 2.30. The highest BCUT2D eigenvalue weighted by Gasteiger charge is 2.09. The molecule has 4 N–H and O–H groups in total. The van der Waals surface area contributed by atoms with Crippen LogP contribution in [0.1, 0.15) is 24.7 Å². The number of aryl methyl sites for hydroxylation is 1. The summed E-state index contributed by atoms with van der Waals surface area (Å²) < 4.78 is 11.2. The van der Waals surface area contributed by atoms with E-state index in [4.69, 9.17) is 13.9 Å². The lowest BCUT2D eigenvalue weighted by atomic mass is 10.1. The fourth-order valence-corrected chi connectivity index (χ4v) is 1.96. The summed E-state index contributed by atoms with van der Waals surface area (Å²) in [6, 6.07) is 9.98. The van der Waals surface area contributed by atoms with Gasteiger partial charge in [0.05, 0.1) is 12.0 Å². The number of furan rings is 1. The molecule has 120 valence electrons. The minimum Gasteiger partial charge on any atom is -0.483 e. The Balaban J connectivity index is 0.000000541. The zero-order chi connectivity index (χ0) is 16.2. The Hall–Kier alpha value is -2.47. The Bertz CT molecular complexity index is 542. The Morgan fingerprint density at radius 1 is 1.32 bits per heavy atom. The summed E-state index contributed by atoms with van der Waals surface area (Å²) in [6.45, 7) is 2.63. The minimum atomic E-state index is 0.403. The molecule has 1 amide bonds. The molecule has 0 aliphatic heterocycles. The molecule has 0 saturated carbocycles. The summed E-state index contributed by atoms with van der Waals surface area (Å²) >= 11 is 0. The average molecular weight is 305 g/mol. The van der Waals surface area contributed by atoms with Gasteiger partial charge in [0.15, 0.2) is 0 Å². The molecule has 2 aromatic rings. The maximum atomic E-state index is 8.94. The SMILES string of the molecule is CCCc1cccc(NC)c1OCc1ccco1.NNC=O. The van der Waals surface area contributed by atoms with Crippen LogP contribution in [-0.4, -0.2) is 13.5 Å². The highest BCUT2D eigenvalue weighted by molar-refractivity contribution is 5.59. The molecule has 6 heteroatoms. The highest BCUT2D eigenvalue weighted by atomic mass is 16.5. The fourth-order valence-electron chi connectivity index (χ4n) is 1.96. The summed E-state index contributed by atoms with van der Waals surface area (Å²) in [5.74, 6) is 6.18. The van der Waals surface area contributed by atoms with E-state index in [1.54, 1.807) is 11.7 Å². The molecule has 0 aliphatic carbocycles. The number of amides is 1. The molecule has 1 heterocycles. The van der Waals surface area contributed by atoms with Crippen molar-refractivity contribution < 1.29 is 13.9 Å². The van der Waals surface area contributed by atoms with Crippen LogP contribution in [0.15, 0.2) is 41.0 Å². The first-order chi connectivity index (χ1) is 10.8. The van der Waals surface area contributed by atoms with Crippen LogP contribution in [0.2, 0.25) is 0 Å². The second-order valence-corrected chi connectivity index (χ2v) is 4.45. The summed E-state index contributed by atoms with van der Waals surface area (Å²) in [5, 5.41) is 3.17. The van der Waals surface area contributed by atoms with Gasteiger partial charge in [-0.1, -0.05) is 25.5 Å². The zero-order valence-electron chi connectivity index (χ0n) is 13.0. The van der Waals surface area contributed by atoms with E-state index in [-0.39, 0.29) is 0 Å². The summed E-state index contributed by atoms with van der Waals surface area (Å²) in [4.78, 5) is 8.94. The van der Waals surface area contributed by atoms with Crippen LogP contribution < -0.4 is 21.3 Å². The third-order valence-electron chi connectivity index (χ3n) is 2.89. The first-order valence-corrected chi connectivity index (χ1v) is 7.11. The second-order valence-electron chi connectivity index (χ2n) is 4.45. The number of ether oxygens (including phenoxy) is 1. The van der Waals surface area contributed by atoms with Gasteiger partial charge in [-0.25, -0.2) is 5.84 Å². The van der Waals surface area contributed by atoms with Crippen LogP contribution in [-0.2, 0) is 17.8 Å².